The van der Waals surface area contributed by atoms with Crippen LogP contribution in [0.3, 0.4) is 0 Å². The lowest BCUT2D eigenvalue weighted by Crippen LogP contribution is -2.08. The van der Waals surface area contributed by atoms with Crippen molar-refractivity contribution in [2.75, 3.05) is 5.43 Å². The van der Waals surface area contributed by atoms with E-state index in [9.17, 15) is 0 Å². The fourth-order valence-electron chi connectivity index (χ4n) is 1.16. The third-order valence-corrected chi connectivity index (χ3v) is 1.87. The Morgan fingerprint density at radius 1 is 1.00 bits per heavy atom. The molecule has 1 heterocycles. The molecule has 0 radical (unpaired) electrons. The number of aromatic nitrogens is 2. The van der Waals surface area contributed by atoms with Crippen molar-refractivity contribution in [1.82, 2.24) is 9.97 Å². The average Bonchev–Trinajstić information content (AvgIpc) is 2.30. The van der Waals surface area contributed by atoms with Crippen molar-refractivity contribution in [2.45, 2.75) is 0 Å². The number of nitrogen functional groups attached to an aromatic ring is 1. The van der Waals surface area contributed by atoms with Gasteiger partial charge in [-0.15, -0.1) is 0 Å². The fraction of sp³-hybridized carbons (Fsp3) is 0. The molecular weight excluding hydrogens is 176 g/mol. The Hall–Kier alpha value is -1.94. The Balaban J connectivity index is 2.34. The van der Waals surface area contributed by atoms with Crippen LogP contribution in [0.4, 0.5) is 5.82 Å². The molecule has 2 rings (SSSR count). The summed E-state index contributed by atoms with van der Waals surface area (Å²) in [5, 5.41) is 0. The molecule has 1 aromatic carbocycles. The highest BCUT2D eigenvalue weighted by Gasteiger charge is 1.98. The van der Waals surface area contributed by atoms with Crippen LogP contribution in [0.15, 0.2) is 42.7 Å². The van der Waals surface area contributed by atoms with Gasteiger partial charge in [-0.25, -0.2) is 10.8 Å². The van der Waals surface area contributed by atoms with E-state index in [-0.39, 0.29) is 0 Å². The van der Waals surface area contributed by atoms with Crippen LogP contribution in [0.5, 0.6) is 0 Å². The van der Waals surface area contributed by atoms with Crippen LogP contribution in [0.1, 0.15) is 0 Å². The molecule has 0 saturated carbocycles. The molecule has 0 aliphatic rings. The normalized spacial score (nSPS) is 9.79. The molecule has 0 bridgehead atoms. The predicted molar refractivity (Wildman–Crippen MR) is 55.3 cm³/mol. The number of benzene rings is 1. The summed E-state index contributed by atoms with van der Waals surface area (Å²) in [7, 11) is 0. The van der Waals surface area contributed by atoms with Crippen molar-refractivity contribution in [3.05, 3.63) is 42.7 Å². The van der Waals surface area contributed by atoms with Gasteiger partial charge < -0.3 is 5.43 Å². The molecule has 2 aromatic rings. The summed E-state index contributed by atoms with van der Waals surface area (Å²) < 4.78 is 0. The van der Waals surface area contributed by atoms with Gasteiger partial charge in [0.15, 0.2) is 5.82 Å². The van der Waals surface area contributed by atoms with Gasteiger partial charge in [0.1, 0.15) is 0 Å². The van der Waals surface area contributed by atoms with E-state index in [1.165, 1.54) is 0 Å². The maximum absolute atomic E-state index is 5.19. The Kier molecular flexibility index (Phi) is 2.38. The lowest BCUT2D eigenvalue weighted by molar-refractivity contribution is 1.16. The van der Waals surface area contributed by atoms with Crippen molar-refractivity contribution in [3.63, 3.8) is 0 Å². The number of nitrogens with two attached hydrogens (primary N) is 1. The third kappa shape index (κ3) is 1.70. The average molecular weight is 186 g/mol. The summed E-state index contributed by atoms with van der Waals surface area (Å²) in [4.78, 5) is 8.29. The SMILES string of the molecule is NNc1cnc(-c2ccccc2)cn1. The van der Waals surface area contributed by atoms with E-state index in [1.54, 1.807) is 12.4 Å². The second kappa shape index (κ2) is 3.85. The molecule has 1 aromatic heterocycles. The standard InChI is InChI=1S/C10H10N4/c11-14-10-7-12-9(6-13-10)8-4-2-1-3-5-8/h1-7H,11H2,(H,13,14). The van der Waals surface area contributed by atoms with E-state index < -0.39 is 0 Å². The Morgan fingerprint density at radius 3 is 2.36 bits per heavy atom. The highest BCUT2D eigenvalue weighted by molar-refractivity contribution is 5.58. The monoisotopic (exact) mass is 186 g/mol. The zero-order valence-corrected chi connectivity index (χ0v) is 7.51. The summed E-state index contributed by atoms with van der Waals surface area (Å²) in [6.07, 6.45) is 3.28. The highest BCUT2D eigenvalue weighted by atomic mass is 15.3. The van der Waals surface area contributed by atoms with E-state index in [1.807, 2.05) is 30.3 Å². The molecule has 0 aliphatic carbocycles. The summed E-state index contributed by atoms with van der Waals surface area (Å²) in [5.41, 5.74) is 4.31. The van der Waals surface area contributed by atoms with Crippen LogP contribution < -0.4 is 11.3 Å². The third-order valence-electron chi connectivity index (χ3n) is 1.87. The van der Waals surface area contributed by atoms with Gasteiger partial charge in [0.2, 0.25) is 0 Å². The quantitative estimate of drug-likeness (QED) is 0.550. The molecule has 4 heteroatoms. The molecular formula is C10H10N4. The topological polar surface area (TPSA) is 63.8 Å². The first-order valence-electron chi connectivity index (χ1n) is 4.24. The molecule has 14 heavy (non-hydrogen) atoms. The van der Waals surface area contributed by atoms with Crippen LogP contribution in [0.25, 0.3) is 11.3 Å². The van der Waals surface area contributed by atoms with Crippen molar-refractivity contribution in [1.29, 1.82) is 0 Å². The molecule has 0 fully saturated rings. The molecule has 0 spiro atoms. The summed E-state index contributed by atoms with van der Waals surface area (Å²) in [6, 6.07) is 9.87. The van der Waals surface area contributed by atoms with Gasteiger partial charge in [0.25, 0.3) is 0 Å². The smallest absolute Gasteiger partial charge is 0.158 e. The van der Waals surface area contributed by atoms with E-state index >= 15 is 0 Å². The number of anilines is 1. The maximum atomic E-state index is 5.19. The second-order valence-corrected chi connectivity index (χ2v) is 2.80. The van der Waals surface area contributed by atoms with Crippen LogP contribution in [-0.4, -0.2) is 9.97 Å². The second-order valence-electron chi connectivity index (χ2n) is 2.80. The number of nitrogens with zero attached hydrogens (tertiary/aromatic N) is 2. The highest BCUT2D eigenvalue weighted by Crippen LogP contribution is 2.15. The van der Waals surface area contributed by atoms with Gasteiger partial charge in [-0.2, -0.15) is 0 Å². The van der Waals surface area contributed by atoms with Gasteiger partial charge >= 0.3 is 0 Å². The van der Waals surface area contributed by atoms with E-state index in [0.717, 1.165) is 11.3 Å². The van der Waals surface area contributed by atoms with Crippen molar-refractivity contribution in [2.24, 2.45) is 5.84 Å². The number of rotatable bonds is 2. The van der Waals surface area contributed by atoms with Gasteiger partial charge in [-0.05, 0) is 0 Å². The van der Waals surface area contributed by atoms with Crippen LogP contribution in [0.2, 0.25) is 0 Å². The minimum Gasteiger partial charge on any atom is -0.307 e. The van der Waals surface area contributed by atoms with Crippen molar-refractivity contribution >= 4 is 5.82 Å². The molecule has 4 nitrogen and oxygen atoms in total. The van der Waals surface area contributed by atoms with Crippen molar-refractivity contribution in [3.8, 4) is 11.3 Å². The number of hydrogen-bond donors (Lipinski definition) is 2. The fourth-order valence-corrected chi connectivity index (χ4v) is 1.16. The number of nitrogens with one attached hydrogen (secondary N) is 1. The minimum absolute atomic E-state index is 0.560. The zero-order valence-electron chi connectivity index (χ0n) is 7.51. The molecule has 0 atom stereocenters. The van der Waals surface area contributed by atoms with Gasteiger partial charge in [0.05, 0.1) is 18.1 Å². The number of hydrogen-bond acceptors (Lipinski definition) is 4. The number of hydrazine groups is 1. The van der Waals surface area contributed by atoms with Gasteiger partial charge in [-0.3, -0.25) is 4.98 Å². The Labute approximate surface area is 81.8 Å². The molecule has 0 amide bonds. The molecule has 3 N–H and O–H groups in total. The Bertz CT molecular complexity index is 396. The van der Waals surface area contributed by atoms with Gasteiger partial charge in [-0.1, -0.05) is 30.3 Å². The Morgan fingerprint density at radius 2 is 1.79 bits per heavy atom. The molecule has 0 aliphatic heterocycles. The lowest BCUT2D eigenvalue weighted by atomic mass is 10.2. The van der Waals surface area contributed by atoms with Crippen LogP contribution in [-0.2, 0) is 0 Å². The molecule has 0 unspecified atom stereocenters. The van der Waals surface area contributed by atoms with E-state index in [2.05, 4.69) is 15.4 Å². The van der Waals surface area contributed by atoms with Crippen molar-refractivity contribution < 1.29 is 0 Å². The first-order chi connectivity index (χ1) is 6.90. The van der Waals surface area contributed by atoms with E-state index in [4.69, 9.17) is 5.84 Å². The lowest BCUT2D eigenvalue weighted by Gasteiger charge is -2.01. The summed E-state index contributed by atoms with van der Waals surface area (Å²) >= 11 is 0. The van der Waals surface area contributed by atoms with Gasteiger partial charge in [0, 0.05) is 5.56 Å². The largest absolute Gasteiger partial charge is 0.307 e. The minimum atomic E-state index is 0.560. The molecule has 0 saturated heterocycles. The first-order valence-corrected chi connectivity index (χ1v) is 4.24. The first kappa shape index (κ1) is 8.65. The van der Waals surface area contributed by atoms with E-state index in [0.29, 0.717) is 5.82 Å². The van der Waals surface area contributed by atoms with Crippen LogP contribution in [0, 0.1) is 0 Å². The molecule has 70 valence electrons. The zero-order chi connectivity index (χ0) is 9.80. The predicted octanol–water partition coefficient (Wildman–Crippen LogP) is 1.43. The maximum Gasteiger partial charge on any atom is 0.158 e. The summed E-state index contributed by atoms with van der Waals surface area (Å²) in [6.45, 7) is 0. The summed E-state index contributed by atoms with van der Waals surface area (Å²) in [5.74, 6) is 5.75. The van der Waals surface area contributed by atoms with Crippen LogP contribution >= 0.6 is 0 Å².